The van der Waals surface area contributed by atoms with Gasteiger partial charge >= 0.3 is 0 Å². The molecule has 122 valence electrons. The molecule has 1 aromatic heterocycles. The molecule has 22 heavy (non-hydrogen) atoms. The Labute approximate surface area is 131 Å². The highest BCUT2D eigenvalue weighted by molar-refractivity contribution is 7.88. The molecule has 2 aliphatic rings. The van der Waals surface area contributed by atoms with Crippen molar-refractivity contribution in [2.75, 3.05) is 26.0 Å². The minimum absolute atomic E-state index is 0.0136. The first kappa shape index (κ1) is 15.9. The van der Waals surface area contributed by atoms with Crippen LogP contribution in [0.4, 0.5) is 0 Å². The lowest BCUT2D eigenvalue weighted by molar-refractivity contribution is -0.0358. The van der Waals surface area contributed by atoms with Crippen molar-refractivity contribution in [3.05, 3.63) is 30.1 Å². The van der Waals surface area contributed by atoms with Crippen LogP contribution in [0.5, 0.6) is 0 Å². The van der Waals surface area contributed by atoms with Gasteiger partial charge in [0, 0.05) is 31.9 Å². The van der Waals surface area contributed by atoms with Gasteiger partial charge in [-0.1, -0.05) is 6.07 Å². The summed E-state index contributed by atoms with van der Waals surface area (Å²) in [7, 11) is -3.16. The molecule has 2 saturated heterocycles. The lowest BCUT2D eigenvalue weighted by Gasteiger charge is -2.38. The van der Waals surface area contributed by atoms with Gasteiger partial charge in [-0.2, -0.15) is 4.31 Å². The van der Waals surface area contributed by atoms with Crippen LogP contribution in [0.2, 0.25) is 0 Å². The molecule has 2 fully saturated rings. The smallest absolute Gasteiger partial charge is 0.211 e. The number of rotatable bonds is 4. The molecule has 1 spiro atoms. The van der Waals surface area contributed by atoms with Crippen molar-refractivity contribution in [3.8, 4) is 0 Å². The van der Waals surface area contributed by atoms with Gasteiger partial charge in [-0.15, -0.1) is 0 Å². The van der Waals surface area contributed by atoms with Crippen LogP contribution in [0.15, 0.2) is 24.5 Å². The monoisotopic (exact) mass is 326 g/mol. The molecular formula is C15H22N2O4S. The summed E-state index contributed by atoms with van der Waals surface area (Å²) in [4.78, 5) is 4.07. The van der Waals surface area contributed by atoms with E-state index in [2.05, 4.69) is 4.98 Å². The van der Waals surface area contributed by atoms with E-state index in [9.17, 15) is 8.42 Å². The SMILES string of the molecule is CS(=O)(=O)N1CCC[C@]2(C[C@H](OCc3cccnc3)CO2)C1. The first-order chi connectivity index (χ1) is 10.5. The van der Waals surface area contributed by atoms with Crippen molar-refractivity contribution < 1.29 is 17.9 Å². The standard InChI is InChI=1S/C15H22N2O4S/c1-22(18,19)17-7-3-5-15(12-17)8-14(11-21-15)20-10-13-4-2-6-16-9-13/h2,4,6,9,14H,3,5,7-8,10-12H2,1H3/t14-,15-/m0/s1. The average molecular weight is 326 g/mol. The third-order valence-corrected chi connectivity index (χ3v) is 5.61. The van der Waals surface area contributed by atoms with Crippen LogP contribution in [0.1, 0.15) is 24.8 Å². The number of sulfonamides is 1. The number of hydrogen-bond donors (Lipinski definition) is 0. The third kappa shape index (κ3) is 3.65. The molecule has 7 heteroatoms. The largest absolute Gasteiger partial charge is 0.371 e. The Morgan fingerprint density at radius 1 is 1.55 bits per heavy atom. The van der Waals surface area contributed by atoms with E-state index in [4.69, 9.17) is 9.47 Å². The van der Waals surface area contributed by atoms with Crippen LogP contribution in [-0.2, 0) is 26.1 Å². The molecule has 0 aliphatic carbocycles. The summed E-state index contributed by atoms with van der Waals surface area (Å²) >= 11 is 0. The summed E-state index contributed by atoms with van der Waals surface area (Å²) in [6.45, 7) is 2.06. The molecule has 6 nitrogen and oxygen atoms in total. The fourth-order valence-corrected chi connectivity index (χ4v) is 4.16. The van der Waals surface area contributed by atoms with E-state index in [1.165, 1.54) is 10.6 Å². The highest BCUT2D eigenvalue weighted by Crippen LogP contribution is 2.36. The zero-order valence-electron chi connectivity index (χ0n) is 12.8. The maximum absolute atomic E-state index is 11.8. The average Bonchev–Trinajstić information content (AvgIpc) is 2.88. The molecule has 3 heterocycles. The minimum Gasteiger partial charge on any atom is -0.371 e. The molecular weight excluding hydrogens is 304 g/mol. The van der Waals surface area contributed by atoms with Crippen LogP contribution >= 0.6 is 0 Å². The number of hydrogen-bond acceptors (Lipinski definition) is 5. The number of ether oxygens (including phenoxy) is 2. The van der Waals surface area contributed by atoms with Crippen LogP contribution in [-0.4, -0.2) is 55.4 Å². The van der Waals surface area contributed by atoms with E-state index in [0.29, 0.717) is 26.3 Å². The van der Waals surface area contributed by atoms with Crippen LogP contribution < -0.4 is 0 Å². The summed E-state index contributed by atoms with van der Waals surface area (Å²) < 4.78 is 36.9. The summed E-state index contributed by atoms with van der Waals surface area (Å²) in [5.74, 6) is 0. The zero-order chi connectivity index (χ0) is 15.6. The minimum atomic E-state index is -3.16. The first-order valence-corrected chi connectivity index (χ1v) is 9.41. The lowest BCUT2D eigenvalue weighted by atomic mass is 9.90. The van der Waals surface area contributed by atoms with Crippen molar-refractivity contribution >= 4 is 10.0 Å². The summed E-state index contributed by atoms with van der Waals surface area (Å²) in [5, 5.41) is 0. The quantitative estimate of drug-likeness (QED) is 0.831. The molecule has 0 amide bonds. The van der Waals surface area contributed by atoms with Gasteiger partial charge in [0.1, 0.15) is 0 Å². The number of piperidine rings is 1. The summed E-state index contributed by atoms with van der Waals surface area (Å²) in [6, 6.07) is 3.86. The number of aromatic nitrogens is 1. The Bertz CT molecular complexity index is 607. The fourth-order valence-electron chi connectivity index (χ4n) is 3.23. The van der Waals surface area contributed by atoms with Crippen molar-refractivity contribution in [1.29, 1.82) is 0 Å². The Kier molecular flexibility index (Phi) is 4.49. The van der Waals surface area contributed by atoms with Gasteiger partial charge in [0.2, 0.25) is 10.0 Å². The maximum Gasteiger partial charge on any atom is 0.211 e. The molecule has 0 aromatic carbocycles. The maximum atomic E-state index is 11.8. The molecule has 0 unspecified atom stereocenters. The zero-order valence-corrected chi connectivity index (χ0v) is 13.6. The van der Waals surface area contributed by atoms with Crippen molar-refractivity contribution in [2.24, 2.45) is 0 Å². The van der Waals surface area contributed by atoms with E-state index in [1.54, 1.807) is 12.4 Å². The highest BCUT2D eigenvalue weighted by atomic mass is 32.2. The normalized spacial score (nSPS) is 30.0. The van der Waals surface area contributed by atoms with Gasteiger partial charge in [0.15, 0.2) is 0 Å². The van der Waals surface area contributed by atoms with E-state index < -0.39 is 10.0 Å². The Morgan fingerprint density at radius 3 is 3.14 bits per heavy atom. The molecule has 0 radical (unpaired) electrons. The Hall–Kier alpha value is -1.02. The summed E-state index contributed by atoms with van der Waals surface area (Å²) in [6.07, 6.45) is 7.28. The number of nitrogens with zero attached hydrogens (tertiary/aromatic N) is 2. The van der Waals surface area contributed by atoms with Gasteiger partial charge in [-0.05, 0) is 24.5 Å². The third-order valence-electron chi connectivity index (χ3n) is 4.36. The predicted molar refractivity (Wildman–Crippen MR) is 81.8 cm³/mol. The molecule has 2 aliphatic heterocycles. The molecule has 0 bridgehead atoms. The van der Waals surface area contributed by atoms with Gasteiger partial charge < -0.3 is 9.47 Å². The van der Waals surface area contributed by atoms with Crippen molar-refractivity contribution in [2.45, 2.75) is 37.6 Å². The van der Waals surface area contributed by atoms with E-state index in [0.717, 1.165) is 24.8 Å². The van der Waals surface area contributed by atoms with Crippen LogP contribution in [0.3, 0.4) is 0 Å². The number of pyridine rings is 1. The van der Waals surface area contributed by atoms with E-state index >= 15 is 0 Å². The van der Waals surface area contributed by atoms with Gasteiger partial charge in [-0.3, -0.25) is 4.98 Å². The van der Waals surface area contributed by atoms with Crippen molar-refractivity contribution in [3.63, 3.8) is 0 Å². The van der Waals surface area contributed by atoms with Gasteiger partial charge in [-0.25, -0.2) is 8.42 Å². The van der Waals surface area contributed by atoms with Gasteiger partial charge in [0.25, 0.3) is 0 Å². The second-order valence-electron chi connectivity index (χ2n) is 6.19. The molecule has 0 N–H and O–H groups in total. The van der Waals surface area contributed by atoms with E-state index in [1.807, 2.05) is 12.1 Å². The summed E-state index contributed by atoms with van der Waals surface area (Å²) in [5.41, 5.74) is 0.658. The second-order valence-corrected chi connectivity index (χ2v) is 8.17. The molecule has 2 atom stereocenters. The van der Waals surface area contributed by atoms with Gasteiger partial charge in [0.05, 0.1) is 31.2 Å². The molecule has 0 saturated carbocycles. The van der Waals surface area contributed by atoms with E-state index in [-0.39, 0.29) is 11.7 Å². The van der Waals surface area contributed by atoms with Crippen molar-refractivity contribution in [1.82, 2.24) is 9.29 Å². The molecule has 3 rings (SSSR count). The molecule has 1 aromatic rings. The van der Waals surface area contributed by atoms with Crippen LogP contribution in [0.25, 0.3) is 0 Å². The lowest BCUT2D eigenvalue weighted by Crippen LogP contribution is -2.49. The Balaban J connectivity index is 1.57. The fraction of sp³-hybridized carbons (Fsp3) is 0.667. The van der Waals surface area contributed by atoms with Crippen LogP contribution in [0, 0.1) is 0 Å². The Morgan fingerprint density at radius 2 is 2.41 bits per heavy atom. The second kappa shape index (κ2) is 6.23. The topological polar surface area (TPSA) is 68.7 Å². The first-order valence-electron chi connectivity index (χ1n) is 7.56. The highest BCUT2D eigenvalue weighted by Gasteiger charge is 2.45. The predicted octanol–water partition coefficient (Wildman–Crippen LogP) is 1.18.